The second kappa shape index (κ2) is 6.28. The highest BCUT2D eigenvalue weighted by atomic mass is 19.4. The van der Waals surface area contributed by atoms with E-state index in [0.717, 1.165) is 17.2 Å². The maximum atomic E-state index is 13.3. The van der Waals surface area contributed by atoms with Gasteiger partial charge in [0.05, 0.1) is 11.6 Å². The van der Waals surface area contributed by atoms with E-state index in [-0.39, 0.29) is 6.42 Å². The molecule has 1 aliphatic heterocycles. The van der Waals surface area contributed by atoms with E-state index in [9.17, 15) is 13.2 Å². The number of alkyl halides is 3. The maximum absolute atomic E-state index is 13.3. The minimum atomic E-state index is -4.17. The molecule has 9 heteroatoms. The van der Waals surface area contributed by atoms with Gasteiger partial charge < -0.3 is 4.90 Å². The summed E-state index contributed by atoms with van der Waals surface area (Å²) in [6.07, 6.45) is -4.10. The molecule has 1 saturated heterocycles. The second-order valence-electron chi connectivity index (χ2n) is 7.85. The van der Waals surface area contributed by atoms with Crippen LogP contribution in [0.5, 0.6) is 0 Å². The molecule has 0 aliphatic carbocycles. The van der Waals surface area contributed by atoms with Gasteiger partial charge in [-0.25, -0.2) is 0 Å². The van der Waals surface area contributed by atoms with Crippen LogP contribution in [-0.2, 0) is 13.6 Å². The molecule has 1 atom stereocenters. The van der Waals surface area contributed by atoms with Crippen LogP contribution in [0.2, 0.25) is 0 Å². The molecule has 0 N–H and O–H groups in total. The molecule has 0 aromatic carbocycles. The van der Waals surface area contributed by atoms with Crippen molar-refractivity contribution in [1.82, 2.24) is 24.5 Å². The van der Waals surface area contributed by atoms with Crippen LogP contribution in [0.25, 0.3) is 0 Å². The van der Waals surface area contributed by atoms with Crippen molar-refractivity contribution in [2.75, 3.05) is 18.0 Å². The summed E-state index contributed by atoms with van der Waals surface area (Å²) < 4.78 is 43.5. The first kappa shape index (κ1) is 18.7. The number of aryl methyl sites for hydroxylation is 2. The van der Waals surface area contributed by atoms with Gasteiger partial charge in [0.25, 0.3) is 0 Å². The van der Waals surface area contributed by atoms with Crippen molar-refractivity contribution in [2.45, 2.75) is 46.8 Å². The first-order chi connectivity index (χ1) is 12.0. The molecule has 2 aromatic heterocycles. The molecule has 6 nitrogen and oxygen atoms in total. The van der Waals surface area contributed by atoms with Crippen LogP contribution >= 0.6 is 0 Å². The summed E-state index contributed by atoms with van der Waals surface area (Å²) in [7, 11) is 1.85. The van der Waals surface area contributed by atoms with Gasteiger partial charge >= 0.3 is 6.18 Å². The van der Waals surface area contributed by atoms with E-state index in [1.165, 1.54) is 0 Å². The number of halogens is 3. The van der Waals surface area contributed by atoms with E-state index in [0.29, 0.717) is 25.6 Å². The van der Waals surface area contributed by atoms with E-state index >= 15 is 0 Å². The summed E-state index contributed by atoms with van der Waals surface area (Å²) in [5.74, 6) is 0.0332. The first-order valence-corrected chi connectivity index (χ1v) is 8.70. The van der Waals surface area contributed by atoms with E-state index < -0.39 is 17.5 Å². The standard InChI is InChI=1S/C17H25F3N6/c1-11-8-12(2)26(23-11)9-14-21-22-15(24(14)5)25-7-6-13(17(18,19)20)16(3,4)10-25/h8,13H,6-7,9-10H2,1-5H3. The third-order valence-electron chi connectivity index (χ3n) is 5.24. The molecule has 2 aromatic rings. The topological polar surface area (TPSA) is 51.8 Å². The Morgan fingerprint density at radius 2 is 1.92 bits per heavy atom. The highest BCUT2D eigenvalue weighted by Gasteiger charge is 2.51. The fourth-order valence-corrected chi connectivity index (χ4v) is 3.87. The van der Waals surface area contributed by atoms with Gasteiger partial charge in [0, 0.05) is 25.8 Å². The summed E-state index contributed by atoms with van der Waals surface area (Å²) in [6, 6.07) is 1.99. The minimum absolute atomic E-state index is 0.0656. The molecular weight excluding hydrogens is 345 g/mol. The molecule has 1 fully saturated rings. The lowest BCUT2D eigenvalue weighted by Gasteiger charge is -2.44. The molecule has 0 amide bonds. The zero-order valence-electron chi connectivity index (χ0n) is 15.8. The van der Waals surface area contributed by atoms with E-state index in [1.54, 1.807) is 13.8 Å². The number of hydrogen-bond acceptors (Lipinski definition) is 4. The maximum Gasteiger partial charge on any atom is 0.392 e. The van der Waals surface area contributed by atoms with Crippen molar-refractivity contribution < 1.29 is 13.2 Å². The molecule has 26 heavy (non-hydrogen) atoms. The van der Waals surface area contributed by atoms with Crippen molar-refractivity contribution in [3.63, 3.8) is 0 Å². The normalized spacial score (nSPS) is 20.6. The number of anilines is 1. The molecule has 0 saturated carbocycles. The number of rotatable bonds is 3. The summed E-state index contributed by atoms with van der Waals surface area (Å²) >= 11 is 0. The summed E-state index contributed by atoms with van der Waals surface area (Å²) in [5.41, 5.74) is 1.08. The SMILES string of the molecule is Cc1cc(C)n(Cc2nnc(N3CCC(C(F)(F)F)C(C)(C)C3)n2C)n1. The Kier molecular flexibility index (Phi) is 4.52. The Morgan fingerprint density at radius 3 is 2.46 bits per heavy atom. The zero-order valence-corrected chi connectivity index (χ0v) is 15.8. The molecule has 3 rings (SSSR count). The van der Waals surface area contributed by atoms with Crippen LogP contribution in [0, 0.1) is 25.2 Å². The van der Waals surface area contributed by atoms with E-state index in [1.807, 2.05) is 41.1 Å². The highest BCUT2D eigenvalue weighted by molar-refractivity contribution is 5.33. The van der Waals surface area contributed by atoms with Crippen LogP contribution in [0.3, 0.4) is 0 Å². The predicted octanol–water partition coefficient (Wildman–Crippen LogP) is 3.09. The van der Waals surface area contributed by atoms with Crippen LogP contribution in [-0.4, -0.2) is 43.8 Å². The third kappa shape index (κ3) is 3.43. The summed E-state index contributed by atoms with van der Waals surface area (Å²) in [6.45, 7) is 8.34. The van der Waals surface area contributed by atoms with Gasteiger partial charge in [0.2, 0.25) is 5.95 Å². The lowest BCUT2D eigenvalue weighted by Crippen LogP contribution is -2.51. The van der Waals surface area contributed by atoms with Gasteiger partial charge in [0.15, 0.2) is 5.82 Å². The van der Waals surface area contributed by atoms with Gasteiger partial charge in [-0.05, 0) is 31.7 Å². The number of hydrogen-bond donors (Lipinski definition) is 0. The lowest BCUT2D eigenvalue weighted by molar-refractivity contribution is -0.206. The molecular formula is C17H25F3N6. The molecule has 0 radical (unpaired) electrons. The van der Waals surface area contributed by atoms with Crippen LogP contribution < -0.4 is 4.90 Å². The fourth-order valence-electron chi connectivity index (χ4n) is 3.87. The molecule has 144 valence electrons. The van der Waals surface area contributed by atoms with Crippen molar-refractivity contribution in [2.24, 2.45) is 18.4 Å². The van der Waals surface area contributed by atoms with Crippen molar-refractivity contribution in [3.05, 3.63) is 23.3 Å². The molecule has 1 unspecified atom stereocenters. The lowest BCUT2D eigenvalue weighted by atomic mass is 9.73. The monoisotopic (exact) mass is 370 g/mol. The Labute approximate surface area is 151 Å². The van der Waals surface area contributed by atoms with E-state index in [2.05, 4.69) is 15.3 Å². The Balaban J connectivity index is 1.79. The van der Waals surface area contributed by atoms with Gasteiger partial charge in [0.1, 0.15) is 6.54 Å². The average Bonchev–Trinajstić information content (AvgIpc) is 3.00. The molecule has 1 aliphatic rings. The fraction of sp³-hybridized carbons (Fsp3) is 0.706. The Bertz CT molecular complexity index is 789. The Morgan fingerprint density at radius 1 is 1.23 bits per heavy atom. The molecule has 0 bridgehead atoms. The van der Waals surface area contributed by atoms with E-state index in [4.69, 9.17) is 0 Å². The molecule has 3 heterocycles. The summed E-state index contributed by atoms with van der Waals surface area (Å²) in [5, 5.41) is 12.9. The number of aromatic nitrogens is 5. The van der Waals surface area contributed by atoms with Crippen LogP contribution in [0.1, 0.15) is 37.5 Å². The van der Waals surface area contributed by atoms with Gasteiger partial charge in [-0.2, -0.15) is 18.3 Å². The Hall–Kier alpha value is -2.06. The minimum Gasteiger partial charge on any atom is -0.340 e. The smallest absolute Gasteiger partial charge is 0.340 e. The van der Waals surface area contributed by atoms with Gasteiger partial charge in [-0.1, -0.05) is 13.8 Å². The van der Waals surface area contributed by atoms with Gasteiger partial charge in [-0.15, -0.1) is 10.2 Å². The predicted molar refractivity (Wildman–Crippen MR) is 92.0 cm³/mol. The second-order valence-corrected chi connectivity index (χ2v) is 7.85. The first-order valence-electron chi connectivity index (χ1n) is 8.70. The highest BCUT2D eigenvalue weighted by Crippen LogP contribution is 2.45. The quantitative estimate of drug-likeness (QED) is 0.833. The van der Waals surface area contributed by atoms with Crippen LogP contribution in [0.4, 0.5) is 19.1 Å². The van der Waals surface area contributed by atoms with Crippen molar-refractivity contribution in [1.29, 1.82) is 0 Å². The third-order valence-corrected chi connectivity index (χ3v) is 5.24. The number of nitrogens with zero attached hydrogens (tertiary/aromatic N) is 6. The van der Waals surface area contributed by atoms with Crippen LogP contribution in [0.15, 0.2) is 6.07 Å². The largest absolute Gasteiger partial charge is 0.392 e. The average molecular weight is 370 g/mol. The van der Waals surface area contributed by atoms with Crippen molar-refractivity contribution in [3.8, 4) is 0 Å². The van der Waals surface area contributed by atoms with Crippen molar-refractivity contribution >= 4 is 5.95 Å². The molecule has 0 spiro atoms. The zero-order chi connectivity index (χ0) is 19.3. The number of piperidine rings is 1. The summed E-state index contributed by atoms with van der Waals surface area (Å²) in [4.78, 5) is 1.90. The van der Waals surface area contributed by atoms with Gasteiger partial charge in [-0.3, -0.25) is 9.25 Å².